The lowest BCUT2D eigenvalue weighted by atomic mass is 10.0. The monoisotopic (exact) mass is 249 g/mol. The zero-order valence-electron chi connectivity index (χ0n) is 11.1. The van der Waals surface area contributed by atoms with Crippen molar-refractivity contribution in [2.24, 2.45) is 0 Å². The molecule has 4 nitrogen and oxygen atoms in total. The fourth-order valence-electron chi connectivity index (χ4n) is 2.08. The summed E-state index contributed by atoms with van der Waals surface area (Å²) >= 11 is 0. The Morgan fingerprint density at radius 3 is 2.83 bits per heavy atom. The van der Waals surface area contributed by atoms with E-state index < -0.39 is 5.60 Å². The first-order chi connectivity index (χ1) is 8.39. The van der Waals surface area contributed by atoms with Crippen molar-refractivity contribution < 1.29 is 14.6 Å². The fourth-order valence-corrected chi connectivity index (χ4v) is 2.08. The largest absolute Gasteiger partial charge is 0.493 e. The Bertz CT molecular complexity index is 463. The number of hydrogen-bond donors (Lipinski definition) is 1. The van der Waals surface area contributed by atoms with Crippen molar-refractivity contribution in [1.29, 1.82) is 0 Å². The van der Waals surface area contributed by atoms with Crippen LogP contribution in [0.2, 0.25) is 0 Å². The standard InChI is InChI=1S/C14H19NO3/c1-14(2,17)13(16)15(3)11-6-7-12-10(9-11)5-4-8-18-12/h6-7,9,17H,4-5,8H2,1-3H3. The summed E-state index contributed by atoms with van der Waals surface area (Å²) in [4.78, 5) is 13.5. The van der Waals surface area contributed by atoms with Crippen LogP contribution in [-0.4, -0.2) is 30.3 Å². The molecule has 1 aromatic carbocycles. The molecule has 1 heterocycles. The van der Waals surface area contributed by atoms with Crippen molar-refractivity contribution in [3.05, 3.63) is 23.8 Å². The molecule has 2 rings (SSSR count). The van der Waals surface area contributed by atoms with E-state index in [1.165, 1.54) is 18.7 Å². The molecular weight excluding hydrogens is 230 g/mol. The van der Waals surface area contributed by atoms with Crippen LogP contribution in [0.25, 0.3) is 0 Å². The Kier molecular flexibility index (Phi) is 3.30. The van der Waals surface area contributed by atoms with E-state index in [1.807, 2.05) is 18.2 Å². The molecule has 0 saturated carbocycles. The van der Waals surface area contributed by atoms with Crippen molar-refractivity contribution in [3.63, 3.8) is 0 Å². The minimum absolute atomic E-state index is 0.320. The highest BCUT2D eigenvalue weighted by Gasteiger charge is 2.28. The van der Waals surface area contributed by atoms with Crippen LogP contribution >= 0.6 is 0 Å². The highest BCUT2D eigenvalue weighted by Crippen LogP contribution is 2.29. The summed E-state index contributed by atoms with van der Waals surface area (Å²) in [5.74, 6) is 0.577. The SMILES string of the molecule is CN(C(=O)C(C)(C)O)c1ccc2c(c1)CCCO2. The maximum absolute atomic E-state index is 12.0. The van der Waals surface area contributed by atoms with Crippen LogP contribution < -0.4 is 9.64 Å². The summed E-state index contributed by atoms with van der Waals surface area (Å²) in [5.41, 5.74) is 0.543. The molecule has 4 heteroatoms. The second kappa shape index (κ2) is 4.61. The number of carbonyl (C=O) groups is 1. The van der Waals surface area contributed by atoms with E-state index in [-0.39, 0.29) is 5.91 Å². The van der Waals surface area contributed by atoms with Crippen molar-refractivity contribution in [3.8, 4) is 5.75 Å². The van der Waals surface area contributed by atoms with Crippen LogP contribution in [-0.2, 0) is 11.2 Å². The first kappa shape index (κ1) is 12.9. The molecule has 1 aliphatic heterocycles. The number of benzene rings is 1. The second-order valence-corrected chi connectivity index (χ2v) is 5.17. The topological polar surface area (TPSA) is 49.8 Å². The van der Waals surface area contributed by atoms with Gasteiger partial charge in [0, 0.05) is 12.7 Å². The Morgan fingerprint density at radius 1 is 1.44 bits per heavy atom. The van der Waals surface area contributed by atoms with Gasteiger partial charge in [0.1, 0.15) is 11.4 Å². The summed E-state index contributed by atoms with van der Waals surface area (Å²) in [6, 6.07) is 5.68. The van der Waals surface area contributed by atoms with Gasteiger partial charge in [0.25, 0.3) is 5.91 Å². The van der Waals surface area contributed by atoms with E-state index in [9.17, 15) is 9.90 Å². The Hall–Kier alpha value is -1.55. The van der Waals surface area contributed by atoms with Crippen LogP contribution in [0.1, 0.15) is 25.8 Å². The number of amides is 1. The third-order valence-corrected chi connectivity index (χ3v) is 3.11. The predicted octanol–water partition coefficient (Wildman–Crippen LogP) is 1.75. The fraction of sp³-hybridized carbons (Fsp3) is 0.500. The molecule has 1 aliphatic rings. The molecule has 0 aromatic heterocycles. The smallest absolute Gasteiger partial charge is 0.258 e. The molecule has 0 bridgehead atoms. The second-order valence-electron chi connectivity index (χ2n) is 5.17. The molecule has 0 aliphatic carbocycles. The van der Waals surface area contributed by atoms with Crippen LogP contribution in [0.5, 0.6) is 5.75 Å². The number of fused-ring (bicyclic) bond motifs is 1. The van der Waals surface area contributed by atoms with Gasteiger partial charge in [-0.15, -0.1) is 0 Å². The molecule has 1 aromatic rings. The lowest BCUT2D eigenvalue weighted by molar-refractivity contribution is -0.133. The molecule has 98 valence electrons. The lowest BCUT2D eigenvalue weighted by Gasteiger charge is -2.26. The summed E-state index contributed by atoms with van der Waals surface area (Å²) in [5, 5.41) is 9.74. The number of hydrogen-bond acceptors (Lipinski definition) is 3. The molecule has 0 spiro atoms. The minimum Gasteiger partial charge on any atom is -0.493 e. The third kappa shape index (κ3) is 2.48. The van der Waals surface area contributed by atoms with Gasteiger partial charge >= 0.3 is 0 Å². The Morgan fingerprint density at radius 2 is 2.17 bits per heavy atom. The van der Waals surface area contributed by atoms with Gasteiger partial charge in [-0.1, -0.05) is 0 Å². The lowest BCUT2D eigenvalue weighted by Crippen LogP contribution is -2.43. The quantitative estimate of drug-likeness (QED) is 0.868. The number of aryl methyl sites for hydroxylation is 1. The maximum Gasteiger partial charge on any atom is 0.258 e. The summed E-state index contributed by atoms with van der Waals surface area (Å²) in [7, 11) is 1.67. The molecule has 1 amide bonds. The van der Waals surface area contributed by atoms with Crippen molar-refractivity contribution in [1.82, 2.24) is 0 Å². The number of carbonyl (C=O) groups excluding carboxylic acids is 1. The Balaban J connectivity index is 2.26. The van der Waals surface area contributed by atoms with Gasteiger partial charge in [-0.05, 0) is 50.5 Å². The Labute approximate surface area is 107 Å². The van der Waals surface area contributed by atoms with Crippen molar-refractivity contribution >= 4 is 11.6 Å². The highest BCUT2D eigenvalue weighted by atomic mass is 16.5. The zero-order valence-corrected chi connectivity index (χ0v) is 11.1. The number of likely N-dealkylation sites (N-methyl/N-ethyl adjacent to an activating group) is 1. The first-order valence-electron chi connectivity index (χ1n) is 6.16. The predicted molar refractivity (Wildman–Crippen MR) is 70.0 cm³/mol. The van der Waals surface area contributed by atoms with Gasteiger partial charge in [0.15, 0.2) is 0 Å². The maximum atomic E-state index is 12.0. The van der Waals surface area contributed by atoms with Crippen LogP contribution in [0, 0.1) is 0 Å². The summed E-state index contributed by atoms with van der Waals surface area (Å²) in [6.45, 7) is 3.74. The summed E-state index contributed by atoms with van der Waals surface area (Å²) < 4.78 is 5.53. The molecular formula is C14H19NO3. The van der Waals surface area contributed by atoms with Crippen molar-refractivity contribution in [2.45, 2.75) is 32.3 Å². The highest BCUT2D eigenvalue weighted by molar-refractivity contribution is 5.98. The molecule has 1 N–H and O–H groups in total. The molecule has 0 radical (unpaired) electrons. The number of anilines is 1. The first-order valence-corrected chi connectivity index (χ1v) is 6.16. The molecule has 18 heavy (non-hydrogen) atoms. The van der Waals surface area contributed by atoms with Gasteiger partial charge in [0.05, 0.1) is 6.61 Å². The number of ether oxygens (including phenoxy) is 1. The normalized spacial score (nSPS) is 14.7. The average Bonchev–Trinajstić information content (AvgIpc) is 2.35. The van der Waals surface area contributed by atoms with Gasteiger partial charge < -0.3 is 14.7 Å². The average molecular weight is 249 g/mol. The van der Waals surface area contributed by atoms with E-state index in [2.05, 4.69) is 0 Å². The minimum atomic E-state index is -1.36. The molecule has 0 saturated heterocycles. The molecule has 0 fully saturated rings. The number of nitrogens with zero attached hydrogens (tertiary/aromatic N) is 1. The van der Waals surface area contributed by atoms with E-state index in [0.29, 0.717) is 0 Å². The van der Waals surface area contributed by atoms with Crippen LogP contribution in [0.15, 0.2) is 18.2 Å². The number of rotatable bonds is 2. The van der Waals surface area contributed by atoms with Gasteiger partial charge in [0.2, 0.25) is 0 Å². The van der Waals surface area contributed by atoms with E-state index in [0.717, 1.165) is 36.4 Å². The van der Waals surface area contributed by atoms with Gasteiger partial charge in [-0.3, -0.25) is 4.79 Å². The van der Waals surface area contributed by atoms with E-state index >= 15 is 0 Å². The molecule has 0 atom stereocenters. The molecule has 0 unspecified atom stereocenters. The van der Waals surface area contributed by atoms with Gasteiger partial charge in [-0.25, -0.2) is 0 Å². The summed E-state index contributed by atoms with van der Waals surface area (Å²) in [6.07, 6.45) is 1.97. The van der Waals surface area contributed by atoms with Gasteiger partial charge in [-0.2, -0.15) is 0 Å². The van der Waals surface area contributed by atoms with E-state index in [1.54, 1.807) is 7.05 Å². The zero-order chi connectivity index (χ0) is 13.3. The number of aliphatic hydroxyl groups is 1. The van der Waals surface area contributed by atoms with E-state index in [4.69, 9.17) is 4.74 Å². The van der Waals surface area contributed by atoms with Crippen LogP contribution in [0.4, 0.5) is 5.69 Å². The van der Waals surface area contributed by atoms with Crippen molar-refractivity contribution in [2.75, 3.05) is 18.6 Å². The third-order valence-electron chi connectivity index (χ3n) is 3.11. The van der Waals surface area contributed by atoms with Crippen LogP contribution in [0.3, 0.4) is 0 Å².